The van der Waals surface area contributed by atoms with E-state index in [0.717, 1.165) is 31.8 Å². The second-order valence-corrected chi connectivity index (χ2v) is 7.83. The van der Waals surface area contributed by atoms with Crippen LogP contribution in [0.1, 0.15) is 4.88 Å². The van der Waals surface area contributed by atoms with Crippen LogP contribution in [-0.4, -0.2) is 26.3 Å². The van der Waals surface area contributed by atoms with Crippen molar-refractivity contribution in [3.05, 3.63) is 51.1 Å². The van der Waals surface area contributed by atoms with Gasteiger partial charge in [0.05, 0.1) is 14.4 Å². The van der Waals surface area contributed by atoms with Crippen LogP contribution in [0.25, 0.3) is 11.4 Å². The second-order valence-electron chi connectivity index (χ2n) is 4.42. The van der Waals surface area contributed by atoms with Crippen LogP contribution in [0.3, 0.4) is 0 Å². The van der Waals surface area contributed by atoms with Crippen LogP contribution in [0.5, 0.6) is 0 Å². The first-order valence-electron chi connectivity index (χ1n) is 6.28. The molecular weight excluding hydrogens is 368 g/mol. The van der Waals surface area contributed by atoms with Crippen LogP contribution in [-0.2, 0) is 0 Å². The maximum absolute atomic E-state index is 4.74. The molecule has 0 saturated carbocycles. The second kappa shape index (κ2) is 5.40. The molecule has 1 aliphatic rings. The van der Waals surface area contributed by atoms with Crippen molar-refractivity contribution in [3.8, 4) is 11.4 Å². The average molecular weight is 377 g/mol. The van der Waals surface area contributed by atoms with E-state index in [1.807, 2.05) is 41.1 Å². The number of halogens is 1. The molecule has 0 fully saturated rings. The number of rotatable bonds is 2. The smallest absolute Gasteiger partial charge is 0.186 e. The Morgan fingerprint density at radius 3 is 2.67 bits per heavy atom. The van der Waals surface area contributed by atoms with Crippen LogP contribution in [0.2, 0.25) is 0 Å². The highest BCUT2D eigenvalue weighted by atomic mass is 79.9. The maximum Gasteiger partial charge on any atom is 0.212 e. The van der Waals surface area contributed by atoms with Gasteiger partial charge in [-0.05, 0) is 28.1 Å². The van der Waals surface area contributed by atoms with E-state index in [4.69, 9.17) is 5.10 Å². The predicted octanol–water partition coefficient (Wildman–Crippen LogP) is 4.13. The molecule has 7 heteroatoms. The van der Waals surface area contributed by atoms with Crippen molar-refractivity contribution in [1.29, 1.82) is 0 Å². The summed E-state index contributed by atoms with van der Waals surface area (Å²) < 4.78 is 2.95. The summed E-state index contributed by atoms with van der Waals surface area (Å²) in [5.41, 5.74) is 2.08. The van der Waals surface area contributed by atoms with Crippen LogP contribution in [0, 0.1) is 0 Å². The largest absolute Gasteiger partial charge is 0.212 e. The fourth-order valence-electron chi connectivity index (χ4n) is 2.09. The monoisotopic (exact) mass is 376 g/mol. The van der Waals surface area contributed by atoms with Gasteiger partial charge in [-0.25, -0.2) is 0 Å². The first-order chi connectivity index (χ1) is 10.3. The Balaban J connectivity index is 1.81. The van der Waals surface area contributed by atoms with Gasteiger partial charge in [0, 0.05) is 11.3 Å². The third-order valence-corrected chi connectivity index (χ3v) is 5.66. The van der Waals surface area contributed by atoms with Gasteiger partial charge in [-0.3, -0.25) is 0 Å². The number of nitrogens with zero attached hydrogens (tertiary/aromatic N) is 4. The summed E-state index contributed by atoms with van der Waals surface area (Å²) in [5, 5.41) is 14.1. The summed E-state index contributed by atoms with van der Waals surface area (Å²) in [6.45, 7) is 0. The Morgan fingerprint density at radius 1 is 1.05 bits per heavy atom. The molecule has 0 N–H and O–H groups in total. The zero-order chi connectivity index (χ0) is 14.2. The minimum Gasteiger partial charge on any atom is -0.186 e. The molecule has 0 bridgehead atoms. The molecule has 0 radical (unpaired) electrons. The number of hydrogen-bond acceptors (Lipinski definition) is 5. The summed E-state index contributed by atoms with van der Waals surface area (Å²) in [7, 11) is 0. The quantitative estimate of drug-likeness (QED) is 0.675. The number of thioether (sulfide) groups is 1. The van der Waals surface area contributed by atoms with E-state index >= 15 is 0 Å². The van der Waals surface area contributed by atoms with E-state index in [1.54, 1.807) is 23.1 Å². The summed E-state index contributed by atoms with van der Waals surface area (Å²) >= 11 is 6.86. The Morgan fingerprint density at radius 2 is 1.90 bits per heavy atom. The predicted molar refractivity (Wildman–Crippen MR) is 90.1 cm³/mol. The molecule has 0 amide bonds. The minimum atomic E-state index is 0.783. The van der Waals surface area contributed by atoms with Crippen LogP contribution in [0.4, 0.5) is 0 Å². The van der Waals surface area contributed by atoms with Gasteiger partial charge >= 0.3 is 0 Å². The van der Waals surface area contributed by atoms with E-state index in [-0.39, 0.29) is 0 Å². The molecule has 0 unspecified atom stereocenters. The summed E-state index contributed by atoms with van der Waals surface area (Å²) in [6.07, 6.45) is 0. The molecule has 3 aromatic rings. The fourth-order valence-corrected chi connectivity index (χ4v) is 4.37. The number of fused-ring (bicyclic) bond motifs is 1. The molecule has 21 heavy (non-hydrogen) atoms. The van der Waals surface area contributed by atoms with Crippen molar-refractivity contribution in [2.45, 2.75) is 5.16 Å². The normalized spacial score (nSPS) is 13.9. The molecule has 1 aromatic carbocycles. The van der Waals surface area contributed by atoms with Gasteiger partial charge in [0.25, 0.3) is 0 Å². The molecule has 4 nitrogen and oxygen atoms in total. The third-order valence-electron chi connectivity index (χ3n) is 3.06. The SMILES string of the molecule is Brc1ccc(C2=Nn3c(nnc3-c3ccccc3)SC2)s1. The standard InChI is InChI=1S/C14H9BrN4S2/c15-12-7-6-11(21-12)10-8-20-14-17-16-13(19(14)18-10)9-4-2-1-3-5-9/h1-7H,8H2. The van der Waals surface area contributed by atoms with Gasteiger partial charge in [-0.2, -0.15) is 9.78 Å². The zero-order valence-electron chi connectivity index (χ0n) is 10.7. The highest BCUT2D eigenvalue weighted by molar-refractivity contribution is 9.11. The number of hydrogen-bond donors (Lipinski definition) is 0. The van der Waals surface area contributed by atoms with Gasteiger partial charge in [0.15, 0.2) is 5.82 Å². The molecule has 0 saturated heterocycles. The summed E-state index contributed by atoms with van der Waals surface area (Å²) in [4.78, 5) is 1.17. The molecular formula is C14H9BrN4S2. The van der Waals surface area contributed by atoms with Crippen molar-refractivity contribution in [2.75, 3.05) is 5.75 Å². The number of thiophene rings is 1. The van der Waals surface area contributed by atoms with Gasteiger partial charge in [-0.1, -0.05) is 42.1 Å². The first-order valence-corrected chi connectivity index (χ1v) is 8.88. The Kier molecular flexibility index (Phi) is 3.40. The lowest BCUT2D eigenvalue weighted by Crippen LogP contribution is -2.12. The molecule has 0 aliphatic carbocycles. The van der Waals surface area contributed by atoms with Crippen LogP contribution >= 0.6 is 39.0 Å². The lowest BCUT2D eigenvalue weighted by molar-refractivity contribution is 0.763. The third kappa shape index (κ3) is 2.45. The van der Waals surface area contributed by atoms with Crippen molar-refractivity contribution in [1.82, 2.24) is 14.9 Å². The van der Waals surface area contributed by atoms with E-state index in [0.29, 0.717) is 0 Å². The molecule has 2 aromatic heterocycles. The Bertz CT molecular complexity index is 823. The molecule has 0 spiro atoms. The lowest BCUT2D eigenvalue weighted by Gasteiger charge is -2.12. The summed E-state index contributed by atoms with van der Waals surface area (Å²) in [6, 6.07) is 14.2. The van der Waals surface area contributed by atoms with E-state index in [9.17, 15) is 0 Å². The topological polar surface area (TPSA) is 43.1 Å². The molecule has 0 atom stereocenters. The molecule has 104 valence electrons. The Hall–Kier alpha value is -1.44. The van der Waals surface area contributed by atoms with E-state index < -0.39 is 0 Å². The molecule has 4 rings (SSSR count). The van der Waals surface area contributed by atoms with Crippen molar-refractivity contribution in [3.63, 3.8) is 0 Å². The van der Waals surface area contributed by atoms with Crippen molar-refractivity contribution in [2.24, 2.45) is 5.10 Å². The highest BCUT2D eigenvalue weighted by Gasteiger charge is 2.21. The Labute approximate surface area is 138 Å². The van der Waals surface area contributed by atoms with Crippen LogP contribution in [0.15, 0.2) is 56.5 Å². The maximum atomic E-state index is 4.74. The van der Waals surface area contributed by atoms with E-state index in [2.05, 4.69) is 32.2 Å². The van der Waals surface area contributed by atoms with Crippen LogP contribution < -0.4 is 0 Å². The van der Waals surface area contributed by atoms with Gasteiger partial charge in [0.1, 0.15) is 0 Å². The molecule has 3 heterocycles. The summed E-state index contributed by atoms with van der Waals surface area (Å²) in [5.74, 6) is 1.60. The van der Waals surface area contributed by atoms with Crippen molar-refractivity contribution >= 4 is 44.7 Å². The van der Waals surface area contributed by atoms with E-state index in [1.165, 1.54) is 4.88 Å². The first kappa shape index (κ1) is 13.2. The van der Waals surface area contributed by atoms with Gasteiger partial charge < -0.3 is 0 Å². The average Bonchev–Trinajstić information content (AvgIpc) is 3.13. The van der Waals surface area contributed by atoms with Gasteiger partial charge in [-0.15, -0.1) is 21.5 Å². The van der Waals surface area contributed by atoms with Gasteiger partial charge in [0.2, 0.25) is 5.16 Å². The minimum absolute atomic E-state index is 0.783. The zero-order valence-corrected chi connectivity index (χ0v) is 14.0. The fraction of sp³-hybridized carbons (Fsp3) is 0.0714. The number of aromatic nitrogens is 3. The number of benzene rings is 1. The molecule has 1 aliphatic heterocycles. The van der Waals surface area contributed by atoms with Crippen molar-refractivity contribution < 1.29 is 0 Å². The lowest BCUT2D eigenvalue weighted by atomic mass is 10.2. The highest BCUT2D eigenvalue weighted by Crippen LogP contribution is 2.31.